The first-order valence-electron chi connectivity index (χ1n) is 13.9. The fraction of sp³-hybridized carbons (Fsp3) is 0.355. The highest BCUT2D eigenvalue weighted by Crippen LogP contribution is 2.37. The van der Waals surface area contributed by atoms with Gasteiger partial charge in [0.05, 0.1) is 38.4 Å². The Morgan fingerprint density at radius 1 is 1.05 bits per heavy atom. The summed E-state index contributed by atoms with van der Waals surface area (Å²) >= 11 is 0. The van der Waals surface area contributed by atoms with E-state index in [1.54, 1.807) is 16.2 Å². The van der Waals surface area contributed by atoms with Crippen molar-refractivity contribution in [2.75, 3.05) is 27.4 Å². The zero-order valence-corrected chi connectivity index (χ0v) is 24.8. The molecule has 0 spiro atoms. The summed E-state index contributed by atoms with van der Waals surface area (Å²) in [5.74, 6) is 1.25. The number of aryl methyl sites for hydroxylation is 4. The highest BCUT2D eigenvalue weighted by molar-refractivity contribution is 5.94. The van der Waals surface area contributed by atoms with Crippen LogP contribution >= 0.6 is 0 Å². The first-order chi connectivity index (χ1) is 20.2. The summed E-state index contributed by atoms with van der Waals surface area (Å²) < 4.78 is 20.0. The van der Waals surface area contributed by atoms with Crippen molar-refractivity contribution in [3.63, 3.8) is 0 Å². The van der Waals surface area contributed by atoms with Crippen LogP contribution in [0, 0.1) is 20.8 Å². The van der Waals surface area contributed by atoms with Crippen molar-refractivity contribution in [3.05, 3.63) is 80.4 Å². The maximum absolute atomic E-state index is 14.0. The summed E-state index contributed by atoms with van der Waals surface area (Å²) in [5.41, 5.74) is 7.22. The number of aromatic nitrogens is 4. The number of hydrogen-bond acceptors (Lipinski definition) is 7. The molecular weight excluding hydrogens is 536 g/mol. The monoisotopic (exact) mass is 572 g/mol. The van der Waals surface area contributed by atoms with E-state index in [-0.39, 0.29) is 30.4 Å². The number of fused-ring (bicyclic) bond motifs is 3. The predicted molar refractivity (Wildman–Crippen MR) is 159 cm³/mol. The Morgan fingerprint density at radius 2 is 1.79 bits per heavy atom. The van der Waals surface area contributed by atoms with Gasteiger partial charge < -0.3 is 19.5 Å². The van der Waals surface area contributed by atoms with E-state index in [9.17, 15) is 9.59 Å². The molecular formula is C31H36N6O5. The van der Waals surface area contributed by atoms with E-state index in [4.69, 9.17) is 19.2 Å². The standard InChI is InChI=1S/C31H36N6O5/c1-7-42-25-14-21-8-10-36-23(22(21)15-24(25)40-5)16-27(34-28-19(3)12-18(2)13-20(28)4)37(31(36)39)11-9-32-30(38)29-26(41-6)17-33-35-29/h12-17H,7-11H2,1-6H3,(H,32,38)(H,33,35)/b34-27+. The van der Waals surface area contributed by atoms with Gasteiger partial charge in [-0.15, -0.1) is 0 Å². The van der Waals surface area contributed by atoms with E-state index in [2.05, 4.69) is 27.6 Å². The van der Waals surface area contributed by atoms with Crippen LogP contribution in [-0.4, -0.2) is 52.6 Å². The Morgan fingerprint density at radius 3 is 2.48 bits per heavy atom. The minimum Gasteiger partial charge on any atom is -0.493 e. The molecule has 4 aromatic rings. The molecule has 0 fully saturated rings. The van der Waals surface area contributed by atoms with Gasteiger partial charge in [-0.05, 0) is 62.9 Å². The summed E-state index contributed by atoms with van der Waals surface area (Å²) in [6, 6.07) is 10.0. The largest absolute Gasteiger partial charge is 0.493 e. The van der Waals surface area contributed by atoms with Crippen molar-refractivity contribution >= 4 is 11.6 Å². The number of hydrogen-bond donors (Lipinski definition) is 2. The predicted octanol–water partition coefficient (Wildman–Crippen LogP) is 3.60. The molecule has 1 aliphatic heterocycles. The summed E-state index contributed by atoms with van der Waals surface area (Å²) in [4.78, 5) is 31.8. The molecule has 220 valence electrons. The lowest BCUT2D eigenvalue weighted by Crippen LogP contribution is -2.44. The molecule has 2 aromatic carbocycles. The summed E-state index contributed by atoms with van der Waals surface area (Å²) in [7, 11) is 3.08. The number of amides is 1. The van der Waals surface area contributed by atoms with E-state index in [0.717, 1.165) is 39.2 Å². The molecule has 5 rings (SSSR count). The average Bonchev–Trinajstić information content (AvgIpc) is 3.45. The molecule has 2 aromatic heterocycles. The third-order valence-corrected chi connectivity index (χ3v) is 7.40. The quantitative estimate of drug-likeness (QED) is 0.316. The summed E-state index contributed by atoms with van der Waals surface area (Å²) in [5, 5.41) is 9.38. The lowest BCUT2D eigenvalue weighted by Gasteiger charge is -2.25. The van der Waals surface area contributed by atoms with Crippen LogP contribution in [-0.2, 0) is 19.5 Å². The Balaban J connectivity index is 1.62. The molecule has 0 aliphatic carbocycles. The van der Waals surface area contributed by atoms with Gasteiger partial charge in [0, 0.05) is 31.3 Å². The fourth-order valence-corrected chi connectivity index (χ4v) is 5.50. The van der Waals surface area contributed by atoms with Gasteiger partial charge in [0.2, 0.25) is 0 Å². The van der Waals surface area contributed by atoms with E-state index in [1.165, 1.54) is 13.3 Å². The molecule has 2 N–H and O–H groups in total. The second-order valence-electron chi connectivity index (χ2n) is 10.2. The topological polar surface area (TPSA) is 125 Å². The van der Waals surface area contributed by atoms with Crippen LogP contribution in [0.2, 0.25) is 0 Å². The third-order valence-electron chi connectivity index (χ3n) is 7.40. The van der Waals surface area contributed by atoms with Gasteiger partial charge in [0.1, 0.15) is 5.49 Å². The normalized spacial score (nSPS) is 12.5. The number of carbonyl (C=O) groups excluding carboxylic acids is 1. The number of H-pyrrole nitrogens is 1. The van der Waals surface area contributed by atoms with Crippen molar-refractivity contribution < 1.29 is 19.0 Å². The highest BCUT2D eigenvalue weighted by Gasteiger charge is 2.23. The van der Waals surface area contributed by atoms with Gasteiger partial charge in [-0.2, -0.15) is 5.10 Å². The van der Waals surface area contributed by atoms with Crippen molar-refractivity contribution in [1.29, 1.82) is 0 Å². The number of nitrogens with zero attached hydrogens (tertiary/aromatic N) is 4. The highest BCUT2D eigenvalue weighted by atomic mass is 16.5. The first-order valence-corrected chi connectivity index (χ1v) is 13.9. The molecule has 0 bridgehead atoms. The minimum absolute atomic E-state index is 0.191. The number of rotatable bonds is 9. The van der Waals surface area contributed by atoms with Crippen LogP contribution in [0.1, 0.15) is 39.7 Å². The van der Waals surface area contributed by atoms with Crippen LogP contribution in [0.25, 0.3) is 11.3 Å². The van der Waals surface area contributed by atoms with Crippen molar-refractivity contribution in [2.24, 2.45) is 4.99 Å². The molecule has 0 radical (unpaired) electrons. The molecule has 0 unspecified atom stereocenters. The smallest absolute Gasteiger partial charge is 0.330 e. The number of methoxy groups -OCH3 is 2. The SMILES string of the molecule is CCOc1cc2c(cc1OC)-c1c/c(=N\c3c(C)cc(C)cc3C)n(CCNC(=O)c3[nH]ncc3OC)c(=O)n1CC2. The molecule has 42 heavy (non-hydrogen) atoms. The number of carbonyl (C=O) groups is 1. The molecule has 0 atom stereocenters. The van der Waals surface area contributed by atoms with Gasteiger partial charge in [-0.25, -0.2) is 9.79 Å². The lowest BCUT2D eigenvalue weighted by molar-refractivity contribution is 0.0944. The number of ether oxygens (including phenoxy) is 3. The molecule has 11 nitrogen and oxygen atoms in total. The second-order valence-corrected chi connectivity index (χ2v) is 10.2. The van der Waals surface area contributed by atoms with Gasteiger partial charge in [-0.3, -0.25) is 19.0 Å². The Hall–Kier alpha value is -4.80. The van der Waals surface area contributed by atoms with E-state index >= 15 is 0 Å². The van der Waals surface area contributed by atoms with Crippen molar-refractivity contribution in [3.8, 4) is 28.5 Å². The van der Waals surface area contributed by atoms with E-state index in [0.29, 0.717) is 42.3 Å². The van der Waals surface area contributed by atoms with Gasteiger partial charge >= 0.3 is 5.69 Å². The summed E-state index contributed by atoms with van der Waals surface area (Å²) in [6.45, 7) is 9.44. The minimum atomic E-state index is -0.377. The van der Waals surface area contributed by atoms with E-state index in [1.807, 2.05) is 45.9 Å². The maximum Gasteiger partial charge on any atom is 0.330 e. The lowest BCUT2D eigenvalue weighted by atomic mass is 9.97. The van der Waals surface area contributed by atoms with Crippen LogP contribution in [0.4, 0.5) is 5.69 Å². The van der Waals surface area contributed by atoms with Crippen LogP contribution < -0.4 is 30.7 Å². The molecule has 0 saturated carbocycles. The number of benzene rings is 2. The first kappa shape index (κ1) is 28.7. The second kappa shape index (κ2) is 12.0. The van der Waals surface area contributed by atoms with Crippen molar-refractivity contribution in [1.82, 2.24) is 24.6 Å². The van der Waals surface area contributed by atoms with Crippen LogP contribution in [0.15, 0.2) is 46.3 Å². The Labute approximate surface area is 243 Å². The Kier molecular flexibility index (Phi) is 8.19. The molecule has 11 heteroatoms. The number of nitrogens with one attached hydrogen (secondary N) is 2. The Bertz CT molecular complexity index is 1760. The number of aromatic amines is 1. The maximum atomic E-state index is 14.0. The van der Waals surface area contributed by atoms with Crippen LogP contribution in [0.3, 0.4) is 0 Å². The molecule has 0 saturated heterocycles. The van der Waals surface area contributed by atoms with E-state index < -0.39 is 0 Å². The van der Waals surface area contributed by atoms with Crippen molar-refractivity contribution in [2.45, 2.75) is 47.2 Å². The van der Waals surface area contributed by atoms with Crippen LogP contribution in [0.5, 0.6) is 17.2 Å². The average molecular weight is 573 g/mol. The van der Waals surface area contributed by atoms with Gasteiger partial charge in [0.15, 0.2) is 22.9 Å². The van der Waals surface area contributed by atoms with Gasteiger partial charge in [-0.1, -0.05) is 17.7 Å². The third kappa shape index (κ3) is 5.41. The molecule has 3 heterocycles. The van der Waals surface area contributed by atoms with Gasteiger partial charge in [0.25, 0.3) is 5.91 Å². The molecule has 1 aliphatic rings. The fourth-order valence-electron chi connectivity index (χ4n) is 5.50. The summed E-state index contributed by atoms with van der Waals surface area (Å²) in [6.07, 6.45) is 2.10. The zero-order chi connectivity index (χ0) is 30.0. The zero-order valence-electron chi connectivity index (χ0n) is 24.8. The molecule has 1 amide bonds.